The van der Waals surface area contributed by atoms with Crippen molar-refractivity contribution in [3.05, 3.63) is 17.8 Å². The summed E-state index contributed by atoms with van der Waals surface area (Å²) in [5, 5.41) is 19.0. The Morgan fingerprint density at radius 2 is 1.82 bits per heavy atom. The van der Waals surface area contributed by atoms with Crippen LogP contribution in [0.5, 0.6) is 0 Å². The number of nitrogens with two attached hydrogens (primary N) is 1. The number of anilines is 2. The predicted molar refractivity (Wildman–Crippen MR) is 120 cm³/mol. The zero-order valence-electron chi connectivity index (χ0n) is 18.9. The first-order valence-electron chi connectivity index (χ1n) is 11.6. The summed E-state index contributed by atoms with van der Waals surface area (Å²) in [6.45, 7) is 3.17. The van der Waals surface area contributed by atoms with E-state index in [1.165, 1.54) is 32.1 Å². The van der Waals surface area contributed by atoms with Crippen molar-refractivity contribution in [2.75, 3.05) is 17.2 Å². The fourth-order valence-electron chi connectivity index (χ4n) is 4.46. The van der Waals surface area contributed by atoms with Crippen LogP contribution in [-0.4, -0.2) is 50.5 Å². The monoisotopic (exact) mass is 470 g/mol. The van der Waals surface area contributed by atoms with Gasteiger partial charge in [-0.05, 0) is 51.4 Å². The van der Waals surface area contributed by atoms with Crippen LogP contribution in [0, 0.1) is 12.8 Å². The molecular formula is C22H33F3N6O2. The van der Waals surface area contributed by atoms with Crippen molar-refractivity contribution < 1.29 is 23.1 Å². The van der Waals surface area contributed by atoms with Crippen molar-refractivity contribution in [1.82, 2.24) is 14.6 Å². The standard InChI is InChI=1S/C20H32N6.C2HF3O2/c1-14-19(24-17-9-7-16(21)8-10-17)25-18-11-12-23-26(18)20(14)22-13-15-5-3-2-4-6-15;3-2(4,5)1(6)7/h11-12,15-17,22H,2-10,13,21H2,1H3,(H,24,25);(H,6,7). The Labute approximate surface area is 191 Å². The van der Waals surface area contributed by atoms with E-state index in [1.54, 1.807) is 0 Å². The van der Waals surface area contributed by atoms with Crippen LogP contribution in [0.4, 0.5) is 24.8 Å². The van der Waals surface area contributed by atoms with E-state index in [0.29, 0.717) is 12.1 Å². The maximum absolute atomic E-state index is 10.6. The number of alkyl halides is 3. The number of rotatable bonds is 5. The van der Waals surface area contributed by atoms with E-state index < -0.39 is 12.1 Å². The summed E-state index contributed by atoms with van der Waals surface area (Å²) in [6, 6.07) is 2.82. The third-order valence-corrected chi connectivity index (χ3v) is 6.41. The van der Waals surface area contributed by atoms with Gasteiger partial charge < -0.3 is 21.5 Å². The van der Waals surface area contributed by atoms with Crippen molar-refractivity contribution in [3.8, 4) is 0 Å². The van der Waals surface area contributed by atoms with Gasteiger partial charge in [0.2, 0.25) is 0 Å². The lowest BCUT2D eigenvalue weighted by atomic mass is 9.89. The largest absolute Gasteiger partial charge is 0.490 e. The number of carboxylic acid groups (broad SMARTS) is 1. The number of fused-ring (bicyclic) bond motifs is 1. The van der Waals surface area contributed by atoms with Crippen LogP contribution < -0.4 is 16.4 Å². The summed E-state index contributed by atoms with van der Waals surface area (Å²) < 4.78 is 33.7. The Bertz CT molecular complexity index is 919. The van der Waals surface area contributed by atoms with E-state index in [9.17, 15) is 13.2 Å². The highest BCUT2D eigenvalue weighted by Gasteiger charge is 2.38. The number of hydrogen-bond acceptors (Lipinski definition) is 6. The molecule has 0 amide bonds. The number of nitrogens with zero attached hydrogens (tertiary/aromatic N) is 3. The van der Waals surface area contributed by atoms with Crippen LogP contribution in [0.1, 0.15) is 63.4 Å². The Morgan fingerprint density at radius 1 is 1.18 bits per heavy atom. The fraction of sp³-hybridized carbons (Fsp3) is 0.682. The van der Waals surface area contributed by atoms with E-state index in [1.807, 2.05) is 16.8 Å². The molecule has 0 spiro atoms. The molecule has 11 heteroatoms. The molecule has 2 aliphatic carbocycles. The molecular weight excluding hydrogens is 437 g/mol. The summed E-state index contributed by atoms with van der Waals surface area (Å²) >= 11 is 0. The lowest BCUT2D eigenvalue weighted by Gasteiger charge is -2.28. The molecule has 33 heavy (non-hydrogen) atoms. The van der Waals surface area contributed by atoms with Crippen LogP contribution in [0.15, 0.2) is 12.3 Å². The molecule has 184 valence electrons. The Morgan fingerprint density at radius 3 is 2.42 bits per heavy atom. The summed E-state index contributed by atoms with van der Waals surface area (Å²) in [5.41, 5.74) is 8.11. The van der Waals surface area contributed by atoms with Crippen LogP contribution >= 0.6 is 0 Å². The first-order chi connectivity index (χ1) is 15.6. The number of nitrogens with one attached hydrogen (secondary N) is 2. The van der Waals surface area contributed by atoms with E-state index in [-0.39, 0.29) is 0 Å². The third kappa shape index (κ3) is 6.96. The third-order valence-electron chi connectivity index (χ3n) is 6.41. The fourth-order valence-corrected chi connectivity index (χ4v) is 4.46. The van der Waals surface area contributed by atoms with Crippen molar-refractivity contribution in [3.63, 3.8) is 0 Å². The van der Waals surface area contributed by atoms with Gasteiger partial charge in [-0.1, -0.05) is 19.3 Å². The van der Waals surface area contributed by atoms with Gasteiger partial charge in [0.15, 0.2) is 5.65 Å². The molecule has 2 saturated carbocycles. The van der Waals surface area contributed by atoms with Gasteiger partial charge in [0, 0.05) is 30.3 Å². The molecule has 0 saturated heterocycles. The second-order valence-corrected chi connectivity index (χ2v) is 8.98. The Hall–Kier alpha value is -2.56. The zero-order valence-corrected chi connectivity index (χ0v) is 18.9. The summed E-state index contributed by atoms with van der Waals surface area (Å²) in [4.78, 5) is 13.7. The van der Waals surface area contributed by atoms with Gasteiger partial charge in [-0.25, -0.2) is 9.78 Å². The van der Waals surface area contributed by atoms with Crippen LogP contribution in [-0.2, 0) is 4.79 Å². The van der Waals surface area contributed by atoms with Gasteiger partial charge in [0.05, 0.1) is 6.20 Å². The summed E-state index contributed by atoms with van der Waals surface area (Å²) in [5.74, 6) is 0.0934. The minimum Gasteiger partial charge on any atom is -0.475 e. The predicted octanol–water partition coefficient (Wildman–Crippen LogP) is 4.35. The maximum atomic E-state index is 10.6. The zero-order chi connectivity index (χ0) is 24.0. The minimum atomic E-state index is -5.08. The van der Waals surface area contributed by atoms with Gasteiger partial charge >= 0.3 is 12.1 Å². The number of halogens is 3. The number of aliphatic carboxylic acids is 1. The van der Waals surface area contributed by atoms with Crippen molar-refractivity contribution in [2.45, 2.75) is 83.0 Å². The second kappa shape index (κ2) is 11.0. The molecule has 0 unspecified atom stereocenters. The highest BCUT2D eigenvalue weighted by atomic mass is 19.4. The SMILES string of the molecule is Cc1c(NC2CCC(N)CC2)nc2ccnn2c1NCC1CCCCC1.O=C(O)C(F)(F)F. The van der Waals surface area contributed by atoms with Crippen molar-refractivity contribution in [1.29, 1.82) is 0 Å². The van der Waals surface area contributed by atoms with Crippen LogP contribution in [0.3, 0.4) is 0 Å². The molecule has 0 aromatic carbocycles. The van der Waals surface area contributed by atoms with Gasteiger partial charge in [-0.3, -0.25) is 0 Å². The molecule has 2 aliphatic rings. The number of hydrogen-bond donors (Lipinski definition) is 4. The number of carbonyl (C=O) groups is 1. The highest BCUT2D eigenvalue weighted by molar-refractivity contribution is 5.73. The van der Waals surface area contributed by atoms with Gasteiger partial charge in [0.1, 0.15) is 11.6 Å². The van der Waals surface area contributed by atoms with Gasteiger partial charge in [-0.15, -0.1) is 0 Å². The van der Waals surface area contributed by atoms with Crippen molar-refractivity contribution >= 4 is 23.3 Å². The van der Waals surface area contributed by atoms with Gasteiger partial charge in [0.25, 0.3) is 0 Å². The average Bonchev–Trinajstić information content (AvgIpc) is 3.24. The molecule has 0 atom stereocenters. The molecule has 8 nitrogen and oxygen atoms in total. The van der Waals surface area contributed by atoms with Crippen molar-refractivity contribution in [2.24, 2.45) is 11.7 Å². The highest BCUT2D eigenvalue weighted by Crippen LogP contribution is 2.29. The average molecular weight is 471 g/mol. The topological polar surface area (TPSA) is 118 Å². The molecule has 0 bridgehead atoms. The lowest BCUT2D eigenvalue weighted by molar-refractivity contribution is -0.192. The smallest absolute Gasteiger partial charge is 0.475 e. The molecule has 0 aliphatic heterocycles. The molecule has 4 rings (SSSR count). The van der Waals surface area contributed by atoms with Gasteiger partial charge in [-0.2, -0.15) is 22.8 Å². The molecule has 2 fully saturated rings. The Kier molecular flexibility index (Phi) is 8.39. The lowest BCUT2D eigenvalue weighted by Crippen LogP contribution is -2.33. The van der Waals surface area contributed by atoms with E-state index in [2.05, 4.69) is 22.7 Å². The maximum Gasteiger partial charge on any atom is 0.490 e. The van der Waals surface area contributed by atoms with E-state index in [4.69, 9.17) is 20.6 Å². The second-order valence-electron chi connectivity index (χ2n) is 8.98. The molecule has 5 N–H and O–H groups in total. The first-order valence-corrected chi connectivity index (χ1v) is 11.6. The number of carboxylic acids is 1. The molecule has 2 aromatic heterocycles. The van der Waals surface area contributed by atoms with E-state index in [0.717, 1.165) is 61.0 Å². The van der Waals surface area contributed by atoms with Crippen LogP contribution in [0.25, 0.3) is 5.65 Å². The minimum absolute atomic E-state index is 0.368. The number of aromatic nitrogens is 3. The first kappa shape index (κ1) is 25.1. The molecule has 2 heterocycles. The van der Waals surface area contributed by atoms with E-state index >= 15 is 0 Å². The van der Waals surface area contributed by atoms with Crippen LogP contribution in [0.2, 0.25) is 0 Å². The summed E-state index contributed by atoms with van der Waals surface area (Å²) in [7, 11) is 0. The Balaban J connectivity index is 0.000000383. The molecule has 0 radical (unpaired) electrons. The molecule has 2 aromatic rings. The summed E-state index contributed by atoms with van der Waals surface area (Å²) in [6.07, 6.45) is 8.00. The quantitative estimate of drug-likeness (QED) is 0.513. The normalized spacial score (nSPS) is 21.8.